The van der Waals surface area contributed by atoms with Crippen molar-refractivity contribution in [2.24, 2.45) is 0 Å². The Kier molecular flexibility index (Phi) is 4.86. The number of amides is 1. The fraction of sp³-hybridized carbons (Fsp3) is 0.333. The summed E-state index contributed by atoms with van der Waals surface area (Å²) < 4.78 is 55.3. The Bertz CT molecular complexity index is 870. The largest absolute Gasteiger partial charge is 0.493 e. The molecule has 6 nitrogen and oxygen atoms in total. The summed E-state index contributed by atoms with van der Waals surface area (Å²) in [6.45, 7) is 1.44. The average molecular weight is 382 g/mol. The number of ether oxygens (including phenoxy) is 3. The molecule has 0 N–H and O–H groups in total. The quantitative estimate of drug-likeness (QED) is 0.811. The highest BCUT2D eigenvalue weighted by Gasteiger charge is 2.37. The van der Waals surface area contributed by atoms with Gasteiger partial charge in [0.15, 0.2) is 17.6 Å². The van der Waals surface area contributed by atoms with E-state index >= 15 is 0 Å². The Morgan fingerprint density at radius 3 is 2.59 bits per heavy atom. The van der Waals surface area contributed by atoms with Crippen LogP contribution in [0.5, 0.6) is 17.2 Å². The summed E-state index contributed by atoms with van der Waals surface area (Å²) in [7, 11) is 2.87. The molecule has 1 aromatic carbocycles. The molecule has 2 aromatic rings. The van der Waals surface area contributed by atoms with Crippen LogP contribution in [0.2, 0.25) is 0 Å². The van der Waals surface area contributed by atoms with E-state index in [0.29, 0.717) is 17.2 Å². The average Bonchev–Trinajstić information content (AvgIpc) is 2.63. The number of hydrogen-bond acceptors (Lipinski definition) is 5. The molecule has 1 aromatic heterocycles. The number of fused-ring (bicyclic) bond motifs is 1. The molecule has 0 spiro atoms. The normalized spacial score (nSPS) is 16.6. The van der Waals surface area contributed by atoms with Crippen molar-refractivity contribution in [3.63, 3.8) is 0 Å². The fourth-order valence-corrected chi connectivity index (χ4v) is 2.86. The van der Waals surface area contributed by atoms with Gasteiger partial charge in [-0.3, -0.25) is 14.7 Å². The number of aromatic nitrogens is 1. The van der Waals surface area contributed by atoms with Gasteiger partial charge in [0, 0.05) is 12.3 Å². The maximum Gasteiger partial charge on any atom is 0.416 e. The smallest absolute Gasteiger partial charge is 0.416 e. The minimum absolute atomic E-state index is 0.0274. The number of nitrogens with zero attached hydrogens (tertiary/aromatic N) is 2. The molecule has 1 atom stereocenters. The van der Waals surface area contributed by atoms with Gasteiger partial charge in [0.2, 0.25) is 0 Å². The predicted octanol–water partition coefficient (Wildman–Crippen LogP) is 3.43. The molecule has 0 saturated heterocycles. The van der Waals surface area contributed by atoms with Crippen molar-refractivity contribution in [1.29, 1.82) is 0 Å². The summed E-state index contributed by atoms with van der Waals surface area (Å²) in [6.07, 6.45) is -3.91. The van der Waals surface area contributed by atoms with Gasteiger partial charge in [-0.15, -0.1) is 0 Å². The molecule has 1 aliphatic rings. The minimum atomic E-state index is -4.54. The van der Waals surface area contributed by atoms with Crippen LogP contribution in [0.3, 0.4) is 0 Å². The second-order valence-corrected chi connectivity index (χ2v) is 5.86. The van der Waals surface area contributed by atoms with E-state index in [9.17, 15) is 18.0 Å². The molecule has 0 aliphatic carbocycles. The van der Waals surface area contributed by atoms with Crippen molar-refractivity contribution in [1.82, 2.24) is 4.98 Å². The lowest BCUT2D eigenvalue weighted by molar-refractivity contribution is -0.137. The Balaban J connectivity index is 2.07. The zero-order chi connectivity index (χ0) is 19.8. The van der Waals surface area contributed by atoms with Crippen LogP contribution in [0.15, 0.2) is 30.5 Å². The highest BCUT2D eigenvalue weighted by Crippen LogP contribution is 2.41. The van der Waals surface area contributed by atoms with E-state index in [1.807, 2.05) is 0 Å². The first-order chi connectivity index (χ1) is 12.8. The summed E-state index contributed by atoms with van der Waals surface area (Å²) in [6, 6.07) is 4.61. The number of anilines is 1. The molecule has 0 fully saturated rings. The second kappa shape index (κ2) is 6.98. The monoisotopic (exact) mass is 382 g/mol. The molecule has 2 heterocycles. The van der Waals surface area contributed by atoms with Crippen molar-refractivity contribution < 1.29 is 32.2 Å². The van der Waals surface area contributed by atoms with Crippen LogP contribution in [0, 0.1) is 0 Å². The highest BCUT2D eigenvalue weighted by molar-refractivity contribution is 5.99. The Morgan fingerprint density at radius 1 is 1.22 bits per heavy atom. The van der Waals surface area contributed by atoms with Gasteiger partial charge in [0.1, 0.15) is 11.4 Å². The maximum atomic E-state index is 13.1. The van der Waals surface area contributed by atoms with Gasteiger partial charge in [-0.2, -0.15) is 13.2 Å². The molecule has 27 heavy (non-hydrogen) atoms. The molecule has 1 aliphatic heterocycles. The lowest BCUT2D eigenvalue weighted by Gasteiger charge is -2.33. The molecule has 0 saturated carbocycles. The Labute approximate surface area is 153 Å². The van der Waals surface area contributed by atoms with E-state index in [1.54, 1.807) is 6.07 Å². The number of methoxy groups -OCH3 is 2. The second-order valence-electron chi connectivity index (χ2n) is 5.86. The van der Waals surface area contributed by atoms with Crippen molar-refractivity contribution in [2.45, 2.75) is 25.7 Å². The standard InChI is InChI=1S/C18H17F3N2O4/c1-10-17(24)23(9-12-16(26-3)15(25-2)6-7-22-12)13-8-11(18(19,20)21)4-5-14(13)27-10/h4-8,10H,9H2,1-3H3. The molecule has 144 valence electrons. The van der Waals surface area contributed by atoms with Crippen molar-refractivity contribution in [3.05, 3.63) is 41.7 Å². The molecular weight excluding hydrogens is 365 g/mol. The molecular formula is C18H17F3N2O4. The van der Waals surface area contributed by atoms with Gasteiger partial charge in [-0.1, -0.05) is 0 Å². The Morgan fingerprint density at radius 2 is 1.96 bits per heavy atom. The van der Waals surface area contributed by atoms with E-state index in [0.717, 1.165) is 12.1 Å². The van der Waals surface area contributed by atoms with Crippen LogP contribution in [0.25, 0.3) is 0 Å². The van der Waals surface area contributed by atoms with Gasteiger partial charge in [-0.25, -0.2) is 0 Å². The van der Waals surface area contributed by atoms with E-state index in [-0.39, 0.29) is 18.0 Å². The molecule has 1 amide bonds. The van der Waals surface area contributed by atoms with Crippen LogP contribution >= 0.6 is 0 Å². The van der Waals surface area contributed by atoms with Gasteiger partial charge in [-0.05, 0) is 25.1 Å². The number of alkyl halides is 3. The van der Waals surface area contributed by atoms with Gasteiger partial charge in [0.25, 0.3) is 5.91 Å². The third-order valence-electron chi connectivity index (χ3n) is 4.17. The molecule has 0 radical (unpaired) electrons. The van der Waals surface area contributed by atoms with E-state index in [2.05, 4.69) is 4.98 Å². The number of rotatable bonds is 4. The number of pyridine rings is 1. The molecule has 9 heteroatoms. The highest BCUT2D eigenvalue weighted by atomic mass is 19.4. The van der Waals surface area contributed by atoms with Crippen LogP contribution in [0.4, 0.5) is 18.9 Å². The van der Waals surface area contributed by atoms with Crippen molar-refractivity contribution in [3.8, 4) is 17.2 Å². The number of benzene rings is 1. The van der Waals surface area contributed by atoms with Crippen LogP contribution in [-0.2, 0) is 17.5 Å². The SMILES string of the molecule is COc1ccnc(CN2C(=O)C(C)Oc3ccc(C(F)(F)F)cc32)c1OC. The number of carbonyl (C=O) groups excluding carboxylic acids is 1. The number of halogens is 3. The summed E-state index contributed by atoms with van der Waals surface area (Å²) in [5, 5.41) is 0. The predicted molar refractivity (Wildman–Crippen MR) is 90.1 cm³/mol. The van der Waals surface area contributed by atoms with E-state index < -0.39 is 23.8 Å². The van der Waals surface area contributed by atoms with Crippen LogP contribution in [-0.4, -0.2) is 31.2 Å². The zero-order valence-corrected chi connectivity index (χ0v) is 14.8. The minimum Gasteiger partial charge on any atom is -0.493 e. The first-order valence-corrected chi connectivity index (χ1v) is 8.01. The third kappa shape index (κ3) is 3.49. The van der Waals surface area contributed by atoms with E-state index in [4.69, 9.17) is 14.2 Å². The van der Waals surface area contributed by atoms with E-state index in [1.165, 1.54) is 38.3 Å². The summed E-state index contributed by atoms with van der Waals surface area (Å²) in [5.41, 5.74) is -0.495. The van der Waals surface area contributed by atoms with Crippen molar-refractivity contribution in [2.75, 3.05) is 19.1 Å². The first kappa shape index (κ1) is 18.8. The van der Waals surface area contributed by atoms with Gasteiger partial charge in [0.05, 0.1) is 32.0 Å². The maximum absolute atomic E-state index is 13.1. The fourth-order valence-electron chi connectivity index (χ4n) is 2.86. The lowest BCUT2D eigenvalue weighted by atomic mass is 10.1. The van der Waals surface area contributed by atoms with Gasteiger partial charge >= 0.3 is 6.18 Å². The lowest BCUT2D eigenvalue weighted by Crippen LogP contribution is -2.44. The van der Waals surface area contributed by atoms with Crippen LogP contribution < -0.4 is 19.1 Å². The van der Waals surface area contributed by atoms with Crippen molar-refractivity contribution >= 4 is 11.6 Å². The molecule has 1 unspecified atom stereocenters. The summed E-state index contributed by atoms with van der Waals surface area (Å²) in [5.74, 6) is 0.423. The third-order valence-corrected chi connectivity index (χ3v) is 4.17. The summed E-state index contributed by atoms with van der Waals surface area (Å²) in [4.78, 5) is 18.0. The van der Waals surface area contributed by atoms with Gasteiger partial charge < -0.3 is 14.2 Å². The number of carbonyl (C=O) groups is 1. The Hall–Kier alpha value is -2.97. The van der Waals surface area contributed by atoms with Crippen LogP contribution in [0.1, 0.15) is 18.2 Å². The zero-order valence-electron chi connectivity index (χ0n) is 14.8. The summed E-state index contributed by atoms with van der Waals surface area (Å²) >= 11 is 0. The molecule has 0 bridgehead atoms. The molecule has 3 rings (SSSR count). The first-order valence-electron chi connectivity index (χ1n) is 8.01. The topological polar surface area (TPSA) is 60.9 Å². The number of hydrogen-bond donors (Lipinski definition) is 0.